The monoisotopic (exact) mass is 254 g/mol. The molecule has 5 heteroatoms. The molecule has 0 heterocycles. The second kappa shape index (κ2) is 6.42. The number of carboxylic acids is 1. The van der Waals surface area contributed by atoms with Crippen LogP contribution in [0.1, 0.15) is 32.6 Å². The van der Waals surface area contributed by atoms with E-state index in [1.54, 1.807) is 7.05 Å². The summed E-state index contributed by atoms with van der Waals surface area (Å²) in [7, 11) is 1.68. The summed E-state index contributed by atoms with van der Waals surface area (Å²) in [4.78, 5) is 24.5. The Bertz CT molecular complexity index is 341. The molecule has 1 fully saturated rings. The van der Waals surface area contributed by atoms with Crippen LogP contribution in [-0.2, 0) is 4.79 Å². The zero-order valence-electron chi connectivity index (χ0n) is 11.1. The molecule has 0 aromatic carbocycles. The fourth-order valence-corrected chi connectivity index (χ4v) is 2.34. The van der Waals surface area contributed by atoms with Gasteiger partial charge < -0.3 is 15.3 Å². The Labute approximate surface area is 108 Å². The van der Waals surface area contributed by atoms with Crippen molar-refractivity contribution in [3.05, 3.63) is 12.2 Å². The number of urea groups is 1. The molecule has 1 rings (SSSR count). The third kappa shape index (κ3) is 4.05. The maximum absolute atomic E-state index is 11.9. The molecular weight excluding hydrogens is 232 g/mol. The van der Waals surface area contributed by atoms with Crippen molar-refractivity contribution in [2.75, 3.05) is 13.6 Å². The zero-order valence-corrected chi connectivity index (χ0v) is 11.1. The van der Waals surface area contributed by atoms with E-state index in [0.29, 0.717) is 13.0 Å². The standard InChI is InChI=1S/C13H22N2O3/c1-9(2)8-15(3)13(18)14-11-7-5-4-6-10(11)12(16)17/h10-11H,1,4-8H2,2-3H3,(H,14,18)(H,16,17). The number of nitrogens with one attached hydrogen (secondary N) is 1. The first-order valence-electron chi connectivity index (χ1n) is 6.30. The van der Waals surface area contributed by atoms with Crippen LogP contribution in [0.5, 0.6) is 0 Å². The molecule has 1 saturated carbocycles. The van der Waals surface area contributed by atoms with Crippen LogP contribution >= 0.6 is 0 Å². The van der Waals surface area contributed by atoms with Crippen molar-refractivity contribution in [1.82, 2.24) is 10.2 Å². The van der Waals surface area contributed by atoms with E-state index in [1.807, 2.05) is 6.92 Å². The lowest BCUT2D eigenvalue weighted by Crippen LogP contribution is -2.49. The van der Waals surface area contributed by atoms with Crippen LogP contribution in [0, 0.1) is 5.92 Å². The molecular formula is C13H22N2O3. The summed E-state index contributed by atoms with van der Waals surface area (Å²) in [5, 5.41) is 11.9. The van der Waals surface area contributed by atoms with Gasteiger partial charge in [0.25, 0.3) is 0 Å². The average Bonchev–Trinajstić information content (AvgIpc) is 2.28. The first kappa shape index (κ1) is 14.5. The fraction of sp³-hybridized carbons (Fsp3) is 0.692. The summed E-state index contributed by atoms with van der Waals surface area (Å²) >= 11 is 0. The van der Waals surface area contributed by atoms with Gasteiger partial charge in [0.2, 0.25) is 0 Å². The number of carbonyl (C=O) groups is 2. The molecule has 0 aromatic heterocycles. The van der Waals surface area contributed by atoms with Crippen molar-refractivity contribution in [2.45, 2.75) is 38.6 Å². The van der Waals surface area contributed by atoms with Gasteiger partial charge in [-0.3, -0.25) is 4.79 Å². The molecule has 2 amide bonds. The van der Waals surface area contributed by atoms with Gasteiger partial charge in [0, 0.05) is 19.6 Å². The molecule has 18 heavy (non-hydrogen) atoms. The molecule has 0 aliphatic heterocycles. The minimum atomic E-state index is -0.817. The van der Waals surface area contributed by atoms with Crippen LogP contribution in [0.4, 0.5) is 4.79 Å². The van der Waals surface area contributed by atoms with E-state index in [0.717, 1.165) is 24.8 Å². The third-order valence-electron chi connectivity index (χ3n) is 3.25. The summed E-state index contributed by atoms with van der Waals surface area (Å²) < 4.78 is 0. The van der Waals surface area contributed by atoms with E-state index < -0.39 is 11.9 Å². The number of aliphatic carboxylic acids is 1. The molecule has 1 aliphatic rings. The molecule has 2 atom stereocenters. The smallest absolute Gasteiger partial charge is 0.317 e. The van der Waals surface area contributed by atoms with Crippen LogP contribution in [0.2, 0.25) is 0 Å². The highest BCUT2D eigenvalue weighted by Gasteiger charge is 2.32. The Kier molecular flexibility index (Phi) is 5.19. The van der Waals surface area contributed by atoms with Gasteiger partial charge in [0.05, 0.1) is 5.92 Å². The molecule has 2 unspecified atom stereocenters. The Hall–Kier alpha value is -1.52. The number of carboxylic acid groups (broad SMARTS) is 1. The molecule has 102 valence electrons. The Morgan fingerprint density at radius 2 is 2.00 bits per heavy atom. The second-order valence-electron chi connectivity index (χ2n) is 5.10. The van der Waals surface area contributed by atoms with Gasteiger partial charge in [-0.15, -0.1) is 0 Å². The van der Waals surface area contributed by atoms with Crippen molar-refractivity contribution >= 4 is 12.0 Å². The SMILES string of the molecule is C=C(C)CN(C)C(=O)NC1CCCCC1C(=O)O. The van der Waals surface area contributed by atoms with Gasteiger partial charge in [0.15, 0.2) is 0 Å². The van der Waals surface area contributed by atoms with E-state index >= 15 is 0 Å². The van der Waals surface area contributed by atoms with Gasteiger partial charge in [-0.2, -0.15) is 0 Å². The van der Waals surface area contributed by atoms with Gasteiger partial charge in [-0.1, -0.05) is 25.0 Å². The molecule has 2 N–H and O–H groups in total. The normalized spacial score (nSPS) is 23.2. The predicted molar refractivity (Wildman–Crippen MR) is 69.4 cm³/mol. The third-order valence-corrected chi connectivity index (χ3v) is 3.25. The van der Waals surface area contributed by atoms with Crippen LogP contribution in [0.3, 0.4) is 0 Å². The van der Waals surface area contributed by atoms with Crippen LogP contribution in [-0.4, -0.2) is 41.6 Å². The van der Waals surface area contributed by atoms with E-state index in [1.165, 1.54) is 4.90 Å². The lowest BCUT2D eigenvalue weighted by Gasteiger charge is -2.31. The number of nitrogens with zero attached hydrogens (tertiary/aromatic N) is 1. The Balaban J connectivity index is 2.55. The molecule has 5 nitrogen and oxygen atoms in total. The Morgan fingerprint density at radius 1 is 1.39 bits per heavy atom. The van der Waals surface area contributed by atoms with Gasteiger partial charge >= 0.3 is 12.0 Å². The lowest BCUT2D eigenvalue weighted by atomic mass is 9.84. The summed E-state index contributed by atoms with van der Waals surface area (Å²) in [5.74, 6) is -1.27. The number of hydrogen-bond donors (Lipinski definition) is 2. The number of carbonyl (C=O) groups excluding carboxylic acids is 1. The van der Waals surface area contributed by atoms with E-state index in [2.05, 4.69) is 11.9 Å². The average molecular weight is 254 g/mol. The number of likely N-dealkylation sites (N-methyl/N-ethyl adjacent to an activating group) is 1. The maximum Gasteiger partial charge on any atom is 0.317 e. The van der Waals surface area contributed by atoms with Crippen LogP contribution < -0.4 is 5.32 Å². The van der Waals surface area contributed by atoms with Crippen LogP contribution in [0.25, 0.3) is 0 Å². The van der Waals surface area contributed by atoms with Gasteiger partial charge in [0.1, 0.15) is 0 Å². The fourth-order valence-electron chi connectivity index (χ4n) is 2.34. The molecule has 0 aromatic rings. The highest BCUT2D eigenvalue weighted by atomic mass is 16.4. The molecule has 0 radical (unpaired) electrons. The topological polar surface area (TPSA) is 69.6 Å². The van der Waals surface area contributed by atoms with E-state index in [9.17, 15) is 9.59 Å². The summed E-state index contributed by atoms with van der Waals surface area (Å²) in [6.45, 7) is 6.09. The van der Waals surface area contributed by atoms with Crippen molar-refractivity contribution < 1.29 is 14.7 Å². The number of rotatable bonds is 4. The first-order valence-corrected chi connectivity index (χ1v) is 6.30. The van der Waals surface area contributed by atoms with Crippen LogP contribution in [0.15, 0.2) is 12.2 Å². The zero-order chi connectivity index (χ0) is 13.7. The lowest BCUT2D eigenvalue weighted by molar-refractivity contribution is -0.143. The molecule has 0 bridgehead atoms. The van der Waals surface area contributed by atoms with Gasteiger partial charge in [-0.05, 0) is 19.8 Å². The van der Waals surface area contributed by atoms with Crippen molar-refractivity contribution in [3.8, 4) is 0 Å². The molecule has 1 aliphatic carbocycles. The largest absolute Gasteiger partial charge is 0.481 e. The summed E-state index contributed by atoms with van der Waals surface area (Å²) in [6, 6.07) is -0.479. The predicted octanol–water partition coefficient (Wildman–Crippen LogP) is 1.85. The van der Waals surface area contributed by atoms with Crippen molar-refractivity contribution in [3.63, 3.8) is 0 Å². The highest BCUT2D eigenvalue weighted by molar-refractivity contribution is 5.77. The highest BCUT2D eigenvalue weighted by Crippen LogP contribution is 2.24. The van der Waals surface area contributed by atoms with E-state index in [4.69, 9.17) is 5.11 Å². The second-order valence-corrected chi connectivity index (χ2v) is 5.10. The summed E-state index contributed by atoms with van der Waals surface area (Å²) in [5.41, 5.74) is 0.895. The molecule has 0 saturated heterocycles. The first-order chi connectivity index (χ1) is 8.41. The minimum Gasteiger partial charge on any atom is -0.481 e. The maximum atomic E-state index is 11.9. The van der Waals surface area contributed by atoms with E-state index in [-0.39, 0.29) is 12.1 Å². The van der Waals surface area contributed by atoms with Gasteiger partial charge in [-0.25, -0.2) is 4.79 Å². The Morgan fingerprint density at radius 3 is 2.56 bits per heavy atom. The number of amides is 2. The number of hydrogen-bond acceptors (Lipinski definition) is 2. The molecule has 0 spiro atoms. The summed E-state index contributed by atoms with van der Waals surface area (Å²) in [6.07, 6.45) is 3.28. The van der Waals surface area contributed by atoms with Crippen molar-refractivity contribution in [1.29, 1.82) is 0 Å². The van der Waals surface area contributed by atoms with Crippen molar-refractivity contribution in [2.24, 2.45) is 5.92 Å². The minimum absolute atomic E-state index is 0.226. The quantitative estimate of drug-likeness (QED) is 0.752.